The van der Waals surface area contributed by atoms with E-state index in [-0.39, 0.29) is 0 Å². The highest BCUT2D eigenvalue weighted by Gasteiger charge is 2.24. The van der Waals surface area contributed by atoms with Crippen molar-refractivity contribution in [3.63, 3.8) is 0 Å². The highest BCUT2D eigenvalue weighted by molar-refractivity contribution is 5.77. The Morgan fingerprint density at radius 1 is 1.21 bits per heavy atom. The van der Waals surface area contributed by atoms with Crippen LogP contribution in [0.25, 0.3) is 11.0 Å². The van der Waals surface area contributed by atoms with Crippen molar-refractivity contribution in [1.82, 2.24) is 10.4 Å². The molecule has 3 heteroatoms. The number of para-hydroxylation sites is 1. The quantitative estimate of drug-likeness (QED) is 0.910. The van der Waals surface area contributed by atoms with Gasteiger partial charge in [-0.15, -0.1) is 0 Å². The van der Waals surface area contributed by atoms with E-state index in [2.05, 4.69) is 36.4 Å². The number of benzene rings is 1. The van der Waals surface area contributed by atoms with Crippen LogP contribution in [0.4, 0.5) is 0 Å². The molecule has 0 spiro atoms. The van der Waals surface area contributed by atoms with Gasteiger partial charge in [-0.1, -0.05) is 24.6 Å². The van der Waals surface area contributed by atoms with Crippen LogP contribution in [-0.2, 0) is 6.54 Å². The first-order valence-electron chi connectivity index (χ1n) is 7.23. The molecule has 0 saturated carbocycles. The zero-order chi connectivity index (χ0) is 13.2. The first-order chi connectivity index (χ1) is 9.24. The number of furan rings is 1. The van der Waals surface area contributed by atoms with Crippen LogP contribution in [0.2, 0.25) is 0 Å². The Balaban J connectivity index is 1.68. The normalized spacial score (nSPS) is 24.9. The SMILES string of the molecule is CC1CCCC(C)N1NCc1cc2ccccc2o1. The fraction of sp³-hybridized carbons (Fsp3) is 0.500. The van der Waals surface area contributed by atoms with Gasteiger partial charge in [0.05, 0.1) is 6.54 Å². The summed E-state index contributed by atoms with van der Waals surface area (Å²) in [5.74, 6) is 1.01. The molecule has 2 atom stereocenters. The number of fused-ring (bicyclic) bond motifs is 1. The van der Waals surface area contributed by atoms with Crippen molar-refractivity contribution in [1.29, 1.82) is 0 Å². The number of hydrazine groups is 1. The summed E-state index contributed by atoms with van der Waals surface area (Å²) in [5.41, 5.74) is 4.51. The van der Waals surface area contributed by atoms with Crippen molar-refractivity contribution in [3.8, 4) is 0 Å². The van der Waals surface area contributed by atoms with Crippen LogP contribution in [0.5, 0.6) is 0 Å². The number of nitrogens with one attached hydrogen (secondary N) is 1. The van der Waals surface area contributed by atoms with Gasteiger partial charge in [0.25, 0.3) is 0 Å². The van der Waals surface area contributed by atoms with Crippen LogP contribution in [0.3, 0.4) is 0 Å². The molecule has 3 nitrogen and oxygen atoms in total. The lowest BCUT2D eigenvalue weighted by Crippen LogP contribution is -2.51. The van der Waals surface area contributed by atoms with Gasteiger partial charge in [-0.05, 0) is 38.8 Å². The largest absolute Gasteiger partial charge is 0.460 e. The topological polar surface area (TPSA) is 28.4 Å². The maximum Gasteiger partial charge on any atom is 0.134 e. The average molecular weight is 258 g/mol. The summed E-state index contributed by atoms with van der Waals surface area (Å²) in [4.78, 5) is 0. The van der Waals surface area contributed by atoms with Crippen molar-refractivity contribution >= 4 is 11.0 Å². The Labute approximate surface area is 114 Å². The fourth-order valence-corrected chi connectivity index (χ4v) is 3.03. The summed E-state index contributed by atoms with van der Waals surface area (Å²) < 4.78 is 5.84. The number of nitrogens with zero attached hydrogens (tertiary/aromatic N) is 1. The summed E-state index contributed by atoms with van der Waals surface area (Å²) >= 11 is 0. The highest BCUT2D eigenvalue weighted by Crippen LogP contribution is 2.22. The molecule has 19 heavy (non-hydrogen) atoms. The summed E-state index contributed by atoms with van der Waals surface area (Å²) in [5, 5.41) is 3.57. The molecule has 1 fully saturated rings. The lowest BCUT2D eigenvalue weighted by Gasteiger charge is -2.38. The molecule has 0 amide bonds. The summed E-state index contributed by atoms with van der Waals surface area (Å²) in [6, 6.07) is 11.5. The highest BCUT2D eigenvalue weighted by atomic mass is 16.3. The third-order valence-electron chi connectivity index (χ3n) is 4.11. The summed E-state index contributed by atoms with van der Waals surface area (Å²) in [6.45, 7) is 5.35. The van der Waals surface area contributed by atoms with E-state index in [9.17, 15) is 0 Å². The van der Waals surface area contributed by atoms with Crippen molar-refractivity contribution in [2.75, 3.05) is 0 Å². The van der Waals surface area contributed by atoms with Crippen molar-refractivity contribution in [3.05, 3.63) is 36.1 Å². The maximum absolute atomic E-state index is 5.84. The lowest BCUT2D eigenvalue weighted by molar-refractivity contribution is 0.0413. The average Bonchev–Trinajstić information content (AvgIpc) is 2.81. The lowest BCUT2D eigenvalue weighted by atomic mass is 10.00. The van der Waals surface area contributed by atoms with Crippen LogP contribution in [-0.4, -0.2) is 17.1 Å². The molecule has 1 aliphatic rings. The summed E-state index contributed by atoms with van der Waals surface area (Å²) in [6.07, 6.45) is 3.89. The minimum atomic E-state index is 0.605. The van der Waals surface area contributed by atoms with Crippen LogP contribution < -0.4 is 5.43 Å². The summed E-state index contributed by atoms with van der Waals surface area (Å²) in [7, 11) is 0. The van der Waals surface area contributed by atoms with Gasteiger partial charge in [-0.25, -0.2) is 10.4 Å². The maximum atomic E-state index is 5.84. The molecule has 1 N–H and O–H groups in total. The molecular formula is C16H22N2O. The van der Waals surface area contributed by atoms with Gasteiger partial charge in [0, 0.05) is 17.5 Å². The predicted octanol–water partition coefficient (Wildman–Crippen LogP) is 3.70. The van der Waals surface area contributed by atoms with Gasteiger partial charge < -0.3 is 4.42 Å². The second-order valence-electron chi connectivity index (χ2n) is 5.62. The molecule has 1 saturated heterocycles. The van der Waals surface area contributed by atoms with E-state index in [1.165, 1.54) is 24.6 Å². The Bertz CT molecular complexity index is 505. The fourth-order valence-electron chi connectivity index (χ4n) is 3.03. The third-order valence-corrected chi connectivity index (χ3v) is 4.11. The molecule has 0 aliphatic carbocycles. The van der Waals surface area contributed by atoms with Gasteiger partial charge in [0.2, 0.25) is 0 Å². The first-order valence-corrected chi connectivity index (χ1v) is 7.23. The Hall–Kier alpha value is -1.32. The van der Waals surface area contributed by atoms with E-state index in [0.29, 0.717) is 12.1 Å². The standard InChI is InChI=1S/C16H22N2O/c1-12-6-5-7-13(2)18(12)17-11-15-10-14-8-3-4-9-16(14)19-15/h3-4,8-10,12-13,17H,5-7,11H2,1-2H3. The molecule has 2 aromatic rings. The molecule has 0 radical (unpaired) electrons. The molecule has 3 rings (SSSR count). The zero-order valence-corrected chi connectivity index (χ0v) is 11.7. The first kappa shape index (κ1) is 12.7. The molecule has 1 aromatic heterocycles. The molecule has 1 aromatic carbocycles. The number of hydrogen-bond acceptors (Lipinski definition) is 3. The minimum Gasteiger partial charge on any atom is -0.460 e. The third kappa shape index (κ3) is 2.67. The van der Waals surface area contributed by atoms with Crippen molar-refractivity contribution in [2.45, 2.75) is 51.7 Å². The van der Waals surface area contributed by atoms with E-state index < -0.39 is 0 Å². The van der Waals surface area contributed by atoms with Gasteiger partial charge >= 0.3 is 0 Å². The zero-order valence-electron chi connectivity index (χ0n) is 11.7. The molecular weight excluding hydrogens is 236 g/mol. The second kappa shape index (κ2) is 5.35. The molecule has 1 aliphatic heterocycles. The Morgan fingerprint density at radius 2 is 1.95 bits per heavy atom. The van der Waals surface area contributed by atoms with Crippen LogP contribution in [0.1, 0.15) is 38.9 Å². The molecule has 2 unspecified atom stereocenters. The molecule has 2 heterocycles. The minimum absolute atomic E-state index is 0.605. The Morgan fingerprint density at radius 3 is 2.68 bits per heavy atom. The number of hydrogen-bond donors (Lipinski definition) is 1. The van der Waals surface area contributed by atoms with E-state index in [4.69, 9.17) is 4.42 Å². The van der Waals surface area contributed by atoms with Crippen molar-refractivity contribution < 1.29 is 4.42 Å². The van der Waals surface area contributed by atoms with Crippen LogP contribution >= 0.6 is 0 Å². The van der Waals surface area contributed by atoms with E-state index in [1.54, 1.807) is 0 Å². The van der Waals surface area contributed by atoms with Gasteiger partial charge in [0.1, 0.15) is 11.3 Å². The molecule has 102 valence electrons. The monoisotopic (exact) mass is 258 g/mol. The van der Waals surface area contributed by atoms with E-state index in [1.807, 2.05) is 18.2 Å². The van der Waals surface area contributed by atoms with E-state index in [0.717, 1.165) is 17.9 Å². The van der Waals surface area contributed by atoms with Gasteiger partial charge in [-0.3, -0.25) is 0 Å². The smallest absolute Gasteiger partial charge is 0.134 e. The molecule has 0 bridgehead atoms. The van der Waals surface area contributed by atoms with E-state index >= 15 is 0 Å². The van der Waals surface area contributed by atoms with Gasteiger partial charge in [0.15, 0.2) is 0 Å². The van der Waals surface area contributed by atoms with Gasteiger partial charge in [-0.2, -0.15) is 0 Å². The van der Waals surface area contributed by atoms with Crippen LogP contribution in [0, 0.1) is 0 Å². The van der Waals surface area contributed by atoms with Crippen LogP contribution in [0.15, 0.2) is 34.7 Å². The number of rotatable bonds is 3. The predicted molar refractivity (Wildman–Crippen MR) is 77.7 cm³/mol. The second-order valence-corrected chi connectivity index (χ2v) is 5.62. The Kier molecular flexibility index (Phi) is 3.58. The number of piperidine rings is 1. The van der Waals surface area contributed by atoms with Crippen molar-refractivity contribution in [2.24, 2.45) is 0 Å².